The number of nitrogens with two attached hydrogens (primary N) is 1. The third-order valence-electron chi connectivity index (χ3n) is 2.58. The summed E-state index contributed by atoms with van der Waals surface area (Å²) in [6.07, 6.45) is 1.34. The fourth-order valence-corrected chi connectivity index (χ4v) is 4.12. The van der Waals surface area contributed by atoms with Crippen molar-refractivity contribution in [2.75, 3.05) is 18.8 Å². The van der Waals surface area contributed by atoms with Crippen LogP contribution in [0.15, 0.2) is 21.5 Å². The maximum absolute atomic E-state index is 14.0. The largest absolute Gasteiger partial charge is 0.399 e. The molecule has 0 aromatic heterocycles. The highest BCUT2D eigenvalue weighted by Gasteiger charge is 2.27. The van der Waals surface area contributed by atoms with Crippen molar-refractivity contribution in [3.05, 3.63) is 22.4 Å². The van der Waals surface area contributed by atoms with Crippen LogP contribution in [-0.4, -0.2) is 25.8 Å². The van der Waals surface area contributed by atoms with Gasteiger partial charge in [0, 0.05) is 18.8 Å². The average molecular weight is 353 g/mol. The van der Waals surface area contributed by atoms with E-state index in [-0.39, 0.29) is 15.1 Å². The molecular formula is C12H18BrFN2O2S. The number of halogens is 2. The smallest absolute Gasteiger partial charge is 0.246 e. The Labute approximate surface area is 122 Å². The summed E-state index contributed by atoms with van der Waals surface area (Å²) in [5.41, 5.74) is 5.80. The first-order valence-electron chi connectivity index (χ1n) is 6.09. The van der Waals surface area contributed by atoms with E-state index in [2.05, 4.69) is 15.9 Å². The van der Waals surface area contributed by atoms with Gasteiger partial charge in [-0.2, -0.15) is 4.31 Å². The average Bonchev–Trinajstić information content (AvgIpc) is 2.33. The van der Waals surface area contributed by atoms with Crippen LogP contribution in [0.25, 0.3) is 0 Å². The Hall–Kier alpha value is -0.660. The topological polar surface area (TPSA) is 63.4 Å². The summed E-state index contributed by atoms with van der Waals surface area (Å²) in [6, 6.07) is 2.51. The van der Waals surface area contributed by atoms with Crippen molar-refractivity contribution >= 4 is 31.6 Å². The summed E-state index contributed by atoms with van der Waals surface area (Å²) in [5.74, 6) is -0.800. The fraction of sp³-hybridized carbons (Fsp3) is 0.500. The molecule has 0 amide bonds. The predicted molar refractivity (Wildman–Crippen MR) is 77.9 cm³/mol. The number of rotatable bonds is 6. The van der Waals surface area contributed by atoms with E-state index in [1.54, 1.807) is 0 Å². The van der Waals surface area contributed by atoms with E-state index in [1.165, 1.54) is 10.4 Å². The van der Waals surface area contributed by atoms with Crippen LogP contribution in [0.4, 0.5) is 10.1 Å². The molecule has 0 saturated carbocycles. The van der Waals surface area contributed by atoms with Crippen LogP contribution < -0.4 is 5.73 Å². The number of anilines is 1. The van der Waals surface area contributed by atoms with Crippen LogP contribution in [0.1, 0.15) is 26.7 Å². The molecule has 0 spiro atoms. The molecule has 1 aromatic carbocycles. The van der Waals surface area contributed by atoms with E-state index in [0.29, 0.717) is 25.9 Å². The Balaban J connectivity index is 3.32. The van der Waals surface area contributed by atoms with Gasteiger partial charge in [-0.3, -0.25) is 0 Å². The molecular weight excluding hydrogens is 335 g/mol. The summed E-state index contributed by atoms with van der Waals surface area (Å²) in [5, 5.41) is 0. The molecule has 108 valence electrons. The zero-order valence-electron chi connectivity index (χ0n) is 11.0. The van der Waals surface area contributed by atoms with Crippen molar-refractivity contribution in [2.24, 2.45) is 0 Å². The lowest BCUT2D eigenvalue weighted by atomic mass is 10.3. The Bertz CT molecular complexity index is 543. The number of sulfonamides is 1. The van der Waals surface area contributed by atoms with E-state index in [9.17, 15) is 12.8 Å². The molecule has 0 aliphatic rings. The van der Waals surface area contributed by atoms with E-state index in [1.807, 2.05) is 13.8 Å². The van der Waals surface area contributed by atoms with Crippen LogP contribution in [0.5, 0.6) is 0 Å². The first-order chi connectivity index (χ1) is 8.84. The highest BCUT2D eigenvalue weighted by atomic mass is 79.9. The van der Waals surface area contributed by atoms with Crippen molar-refractivity contribution in [3.8, 4) is 0 Å². The summed E-state index contributed by atoms with van der Waals surface area (Å²) in [6.45, 7) is 4.48. The van der Waals surface area contributed by atoms with E-state index in [4.69, 9.17) is 5.73 Å². The van der Waals surface area contributed by atoms with Crippen molar-refractivity contribution in [2.45, 2.75) is 31.6 Å². The molecule has 1 aromatic rings. The normalized spacial score (nSPS) is 12.1. The highest BCUT2D eigenvalue weighted by molar-refractivity contribution is 9.10. The SMILES string of the molecule is CCCN(CCC)S(=O)(=O)c1cc(N)cc(Br)c1F. The van der Waals surface area contributed by atoms with Crippen LogP contribution in [0.3, 0.4) is 0 Å². The Morgan fingerprint density at radius 3 is 2.26 bits per heavy atom. The number of nitrogens with zero attached hydrogens (tertiary/aromatic N) is 1. The molecule has 0 heterocycles. The molecule has 19 heavy (non-hydrogen) atoms. The second kappa shape index (κ2) is 6.67. The van der Waals surface area contributed by atoms with Gasteiger partial charge in [0.1, 0.15) is 4.90 Å². The van der Waals surface area contributed by atoms with Gasteiger partial charge >= 0.3 is 0 Å². The van der Waals surface area contributed by atoms with E-state index < -0.39 is 15.8 Å². The molecule has 7 heteroatoms. The summed E-state index contributed by atoms with van der Waals surface area (Å²) >= 11 is 2.98. The van der Waals surface area contributed by atoms with Gasteiger partial charge < -0.3 is 5.73 Å². The molecule has 4 nitrogen and oxygen atoms in total. The fourth-order valence-electron chi connectivity index (χ4n) is 1.76. The van der Waals surface area contributed by atoms with Crippen molar-refractivity contribution in [1.29, 1.82) is 0 Å². The minimum absolute atomic E-state index is 0.0546. The third kappa shape index (κ3) is 3.67. The number of benzene rings is 1. The zero-order valence-corrected chi connectivity index (χ0v) is 13.4. The van der Waals surface area contributed by atoms with Crippen molar-refractivity contribution in [3.63, 3.8) is 0 Å². The van der Waals surface area contributed by atoms with Crippen molar-refractivity contribution < 1.29 is 12.8 Å². The van der Waals surface area contributed by atoms with Gasteiger partial charge in [0.2, 0.25) is 10.0 Å². The molecule has 0 saturated heterocycles. The molecule has 0 atom stereocenters. The molecule has 2 N–H and O–H groups in total. The lowest BCUT2D eigenvalue weighted by molar-refractivity contribution is 0.406. The Kier molecular flexibility index (Phi) is 5.76. The second-order valence-corrected chi connectivity index (χ2v) is 6.98. The molecule has 0 bridgehead atoms. The zero-order chi connectivity index (χ0) is 14.6. The molecule has 0 fully saturated rings. The first kappa shape index (κ1) is 16.4. The van der Waals surface area contributed by atoms with Gasteiger partial charge in [0.15, 0.2) is 5.82 Å². The quantitative estimate of drug-likeness (QED) is 0.800. The lowest BCUT2D eigenvalue weighted by Gasteiger charge is -2.21. The number of hydrogen-bond donors (Lipinski definition) is 1. The van der Waals surface area contributed by atoms with Gasteiger partial charge in [-0.1, -0.05) is 13.8 Å². The number of hydrogen-bond acceptors (Lipinski definition) is 3. The lowest BCUT2D eigenvalue weighted by Crippen LogP contribution is -2.33. The monoisotopic (exact) mass is 352 g/mol. The first-order valence-corrected chi connectivity index (χ1v) is 8.32. The molecule has 0 radical (unpaired) electrons. The van der Waals surface area contributed by atoms with Gasteiger partial charge in [0.05, 0.1) is 4.47 Å². The standard InChI is InChI=1S/C12H18BrFN2O2S/c1-3-5-16(6-4-2)19(17,18)11-8-9(15)7-10(13)12(11)14/h7-8H,3-6,15H2,1-2H3. The summed E-state index contributed by atoms with van der Waals surface area (Å²) in [4.78, 5) is -0.374. The Morgan fingerprint density at radius 1 is 1.26 bits per heavy atom. The Morgan fingerprint density at radius 2 is 1.79 bits per heavy atom. The van der Waals surface area contributed by atoms with Crippen LogP contribution >= 0.6 is 15.9 Å². The minimum Gasteiger partial charge on any atom is -0.399 e. The molecule has 1 rings (SSSR count). The third-order valence-corrected chi connectivity index (χ3v) is 5.06. The van der Waals surface area contributed by atoms with Crippen LogP contribution in [0.2, 0.25) is 0 Å². The summed E-state index contributed by atoms with van der Waals surface area (Å²) in [7, 11) is -3.85. The molecule has 0 unspecified atom stereocenters. The maximum Gasteiger partial charge on any atom is 0.246 e. The second-order valence-electron chi connectivity index (χ2n) is 4.22. The maximum atomic E-state index is 14.0. The van der Waals surface area contributed by atoms with Gasteiger partial charge in [0.25, 0.3) is 0 Å². The van der Waals surface area contributed by atoms with Crippen LogP contribution in [0, 0.1) is 5.82 Å². The predicted octanol–water partition coefficient (Wildman–Crippen LogP) is 2.98. The van der Waals surface area contributed by atoms with E-state index in [0.717, 1.165) is 6.07 Å². The molecule has 0 aliphatic heterocycles. The number of nitrogen functional groups attached to an aromatic ring is 1. The molecule has 0 aliphatic carbocycles. The minimum atomic E-state index is -3.85. The van der Waals surface area contributed by atoms with Gasteiger partial charge in [-0.15, -0.1) is 0 Å². The summed E-state index contributed by atoms with van der Waals surface area (Å²) < 4.78 is 40.2. The van der Waals surface area contributed by atoms with Crippen LogP contribution in [-0.2, 0) is 10.0 Å². The highest BCUT2D eigenvalue weighted by Crippen LogP contribution is 2.28. The van der Waals surface area contributed by atoms with Gasteiger partial charge in [-0.25, -0.2) is 12.8 Å². The van der Waals surface area contributed by atoms with Gasteiger partial charge in [-0.05, 0) is 40.9 Å². The van der Waals surface area contributed by atoms with Crippen molar-refractivity contribution in [1.82, 2.24) is 4.31 Å². The van der Waals surface area contributed by atoms with E-state index >= 15 is 0 Å².